The van der Waals surface area contributed by atoms with Gasteiger partial charge in [-0.25, -0.2) is 0 Å². The second kappa shape index (κ2) is 5.10. The molecule has 16 heavy (non-hydrogen) atoms. The van der Waals surface area contributed by atoms with E-state index in [-0.39, 0.29) is 5.91 Å². The number of nitrogens with two attached hydrogens (primary N) is 1. The van der Waals surface area contributed by atoms with E-state index in [1.165, 1.54) is 29.9 Å². The largest absolute Gasteiger partial charge is 0.398 e. The number of carbonyl (C=O) groups is 1. The predicted octanol–water partition coefficient (Wildman–Crippen LogP) is 2.26. The highest BCUT2D eigenvalue weighted by Crippen LogP contribution is 2.26. The van der Waals surface area contributed by atoms with Crippen molar-refractivity contribution in [3.8, 4) is 0 Å². The Hall–Kier alpha value is -0.680. The minimum Gasteiger partial charge on any atom is -0.398 e. The van der Waals surface area contributed by atoms with Crippen molar-refractivity contribution in [1.29, 1.82) is 0 Å². The van der Waals surface area contributed by atoms with Crippen LogP contribution in [0.5, 0.6) is 0 Å². The molecule has 1 amide bonds. The van der Waals surface area contributed by atoms with Crippen LogP contribution in [0.15, 0.2) is 6.07 Å². The molecule has 0 aromatic carbocycles. The fourth-order valence-corrected chi connectivity index (χ4v) is 3.77. The normalized spacial score (nSPS) is 19.9. The van der Waals surface area contributed by atoms with Crippen LogP contribution >= 0.6 is 23.1 Å². The number of carbonyl (C=O) groups excluding carboxylic acids is 1. The molecule has 1 saturated heterocycles. The fraction of sp³-hybridized carbons (Fsp3) is 0.545. The predicted molar refractivity (Wildman–Crippen MR) is 71.3 cm³/mol. The molecule has 1 aromatic rings. The van der Waals surface area contributed by atoms with Crippen LogP contribution in [0.4, 0.5) is 5.69 Å². The van der Waals surface area contributed by atoms with Gasteiger partial charge < -0.3 is 11.1 Å². The molecule has 1 unspecified atom stereocenters. The third kappa shape index (κ3) is 2.71. The number of hydrogen-bond donors (Lipinski definition) is 2. The molecule has 1 aromatic heterocycles. The number of amides is 1. The lowest BCUT2D eigenvalue weighted by Gasteiger charge is -2.08. The summed E-state index contributed by atoms with van der Waals surface area (Å²) in [5, 5.41) is 3.58. The van der Waals surface area contributed by atoms with Crippen LogP contribution in [0, 0.1) is 6.92 Å². The monoisotopic (exact) mass is 256 g/mol. The SMILES string of the molecule is Cc1sc(C(=O)NCC2CCCS2)cc1N. The van der Waals surface area contributed by atoms with Crippen LogP contribution in [-0.2, 0) is 0 Å². The highest BCUT2D eigenvalue weighted by Gasteiger charge is 2.17. The molecule has 3 nitrogen and oxygen atoms in total. The van der Waals surface area contributed by atoms with Gasteiger partial charge in [-0.2, -0.15) is 11.8 Å². The summed E-state index contributed by atoms with van der Waals surface area (Å²) in [5.41, 5.74) is 6.44. The number of thiophene rings is 1. The van der Waals surface area contributed by atoms with Crippen molar-refractivity contribution in [2.24, 2.45) is 0 Å². The summed E-state index contributed by atoms with van der Waals surface area (Å²) in [6.07, 6.45) is 2.49. The summed E-state index contributed by atoms with van der Waals surface area (Å²) in [5.74, 6) is 1.24. The van der Waals surface area contributed by atoms with Crippen LogP contribution in [0.1, 0.15) is 27.4 Å². The molecule has 0 radical (unpaired) electrons. The van der Waals surface area contributed by atoms with Crippen LogP contribution in [0.3, 0.4) is 0 Å². The summed E-state index contributed by atoms with van der Waals surface area (Å²) in [6, 6.07) is 1.76. The van der Waals surface area contributed by atoms with Gasteiger partial charge in [-0.05, 0) is 31.6 Å². The standard InChI is InChI=1S/C11H16N2OS2/c1-7-9(12)5-10(16-7)11(14)13-6-8-3-2-4-15-8/h5,8H,2-4,6,12H2,1H3,(H,13,14). The summed E-state index contributed by atoms with van der Waals surface area (Å²) in [4.78, 5) is 13.5. The highest BCUT2D eigenvalue weighted by atomic mass is 32.2. The number of anilines is 1. The Kier molecular flexibility index (Phi) is 3.76. The summed E-state index contributed by atoms with van der Waals surface area (Å²) in [7, 11) is 0. The van der Waals surface area contributed by atoms with E-state index in [2.05, 4.69) is 5.32 Å². The Labute approximate surface area is 104 Å². The lowest BCUT2D eigenvalue weighted by Crippen LogP contribution is -2.29. The minimum absolute atomic E-state index is 0.0114. The maximum atomic E-state index is 11.8. The molecule has 0 bridgehead atoms. The van der Waals surface area contributed by atoms with Gasteiger partial charge in [-0.15, -0.1) is 11.3 Å². The van der Waals surface area contributed by atoms with E-state index in [4.69, 9.17) is 5.73 Å². The Morgan fingerprint density at radius 3 is 3.06 bits per heavy atom. The van der Waals surface area contributed by atoms with E-state index < -0.39 is 0 Å². The average Bonchev–Trinajstić information content (AvgIpc) is 2.86. The molecule has 1 aliphatic heterocycles. The molecule has 5 heteroatoms. The Morgan fingerprint density at radius 2 is 2.50 bits per heavy atom. The van der Waals surface area contributed by atoms with E-state index in [0.717, 1.165) is 16.3 Å². The molecule has 1 fully saturated rings. The van der Waals surface area contributed by atoms with Crippen LogP contribution < -0.4 is 11.1 Å². The van der Waals surface area contributed by atoms with Crippen molar-refractivity contribution in [2.45, 2.75) is 25.0 Å². The van der Waals surface area contributed by atoms with Gasteiger partial charge >= 0.3 is 0 Å². The summed E-state index contributed by atoms with van der Waals surface area (Å²) in [6.45, 7) is 2.71. The molecular weight excluding hydrogens is 240 g/mol. The van der Waals surface area contributed by atoms with Gasteiger partial charge in [0.05, 0.1) is 4.88 Å². The third-order valence-corrected chi connectivity index (χ3v) is 5.16. The molecule has 0 spiro atoms. The fourth-order valence-electron chi connectivity index (χ4n) is 1.71. The van der Waals surface area contributed by atoms with Gasteiger partial charge in [-0.3, -0.25) is 4.79 Å². The molecule has 2 rings (SSSR count). The Bertz CT molecular complexity index is 364. The van der Waals surface area contributed by atoms with Crippen molar-refractivity contribution < 1.29 is 4.79 Å². The first-order chi connectivity index (χ1) is 7.66. The van der Waals surface area contributed by atoms with Crippen molar-refractivity contribution >= 4 is 34.7 Å². The van der Waals surface area contributed by atoms with Crippen molar-refractivity contribution in [3.63, 3.8) is 0 Å². The van der Waals surface area contributed by atoms with Gasteiger partial charge in [0, 0.05) is 22.4 Å². The first-order valence-corrected chi connectivity index (χ1v) is 7.29. The zero-order chi connectivity index (χ0) is 11.5. The number of nitrogen functional groups attached to an aromatic ring is 1. The Morgan fingerprint density at radius 1 is 1.69 bits per heavy atom. The van der Waals surface area contributed by atoms with Crippen molar-refractivity contribution in [3.05, 3.63) is 15.8 Å². The molecule has 2 heterocycles. The average molecular weight is 256 g/mol. The zero-order valence-corrected chi connectivity index (χ0v) is 10.9. The van der Waals surface area contributed by atoms with Crippen molar-refractivity contribution in [1.82, 2.24) is 5.32 Å². The second-order valence-electron chi connectivity index (χ2n) is 3.97. The number of hydrogen-bond acceptors (Lipinski definition) is 4. The molecule has 1 atom stereocenters. The summed E-state index contributed by atoms with van der Waals surface area (Å²) < 4.78 is 0. The lowest BCUT2D eigenvalue weighted by atomic mass is 10.2. The van der Waals surface area contributed by atoms with E-state index in [9.17, 15) is 4.79 Å². The van der Waals surface area contributed by atoms with E-state index >= 15 is 0 Å². The smallest absolute Gasteiger partial charge is 0.261 e. The maximum Gasteiger partial charge on any atom is 0.261 e. The topological polar surface area (TPSA) is 55.1 Å². The number of nitrogens with one attached hydrogen (secondary N) is 1. The molecule has 0 aliphatic carbocycles. The van der Waals surface area contributed by atoms with E-state index in [0.29, 0.717) is 10.9 Å². The lowest BCUT2D eigenvalue weighted by molar-refractivity contribution is 0.0958. The van der Waals surface area contributed by atoms with Gasteiger partial charge in [0.25, 0.3) is 5.91 Å². The third-order valence-electron chi connectivity index (χ3n) is 2.69. The Balaban J connectivity index is 1.87. The number of thioether (sulfide) groups is 1. The second-order valence-corrected chi connectivity index (χ2v) is 6.63. The van der Waals surface area contributed by atoms with Crippen LogP contribution in [-0.4, -0.2) is 23.5 Å². The van der Waals surface area contributed by atoms with Gasteiger partial charge in [0.1, 0.15) is 0 Å². The molecule has 1 aliphatic rings. The number of rotatable bonds is 3. The van der Waals surface area contributed by atoms with Gasteiger partial charge in [0.2, 0.25) is 0 Å². The van der Waals surface area contributed by atoms with Crippen LogP contribution in [0.25, 0.3) is 0 Å². The van der Waals surface area contributed by atoms with Crippen molar-refractivity contribution in [2.75, 3.05) is 18.0 Å². The van der Waals surface area contributed by atoms with Gasteiger partial charge in [0.15, 0.2) is 0 Å². The molecule has 88 valence electrons. The highest BCUT2D eigenvalue weighted by molar-refractivity contribution is 8.00. The minimum atomic E-state index is 0.0114. The zero-order valence-electron chi connectivity index (χ0n) is 9.29. The first kappa shape index (κ1) is 11.8. The molecular formula is C11H16N2OS2. The van der Waals surface area contributed by atoms with Gasteiger partial charge in [-0.1, -0.05) is 0 Å². The maximum absolute atomic E-state index is 11.8. The van der Waals surface area contributed by atoms with E-state index in [1.807, 2.05) is 18.7 Å². The van der Waals surface area contributed by atoms with Crippen LogP contribution in [0.2, 0.25) is 0 Å². The van der Waals surface area contributed by atoms with E-state index in [1.54, 1.807) is 6.07 Å². The molecule has 3 N–H and O–H groups in total. The molecule has 0 saturated carbocycles. The summed E-state index contributed by atoms with van der Waals surface area (Å²) >= 11 is 3.41. The first-order valence-electron chi connectivity index (χ1n) is 5.42. The quantitative estimate of drug-likeness (QED) is 0.872. The number of aryl methyl sites for hydroxylation is 1.